The Morgan fingerprint density at radius 1 is 1.64 bits per heavy atom. The zero-order valence-electron chi connectivity index (χ0n) is 5.10. The second-order valence-electron chi connectivity index (χ2n) is 1.36. The molecule has 11 heavy (non-hydrogen) atoms. The molecule has 2 N–H and O–H groups in total. The lowest BCUT2D eigenvalue weighted by Gasteiger charge is -2.04. The van der Waals surface area contributed by atoms with E-state index >= 15 is 0 Å². The van der Waals surface area contributed by atoms with Crippen LogP contribution in [0.2, 0.25) is 0 Å². The Morgan fingerprint density at radius 3 is 2.55 bits per heavy atom. The van der Waals surface area contributed by atoms with Gasteiger partial charge >= 0.3 is 11.9 Å². The van der Waals surface area contributed by atoms with Gasteiger partial charge in [-0.2, -0.15) is 0 Å². The fraction of sp³-hybridized carbons (Fsp3) is 0.333. The van der Waals surface area contributed by atoms with Gasteiger partial charge in [-0.1, -0.05) is 4.89 Å². The number of nitrogens with one attached hydrogen (secondary N) is 1. The Kier molecular flexibility index (Phi) is 4.34. The third-order valence-electron chi connectivity index (χ3n) is 0.519. The third kappa shape index (κ3) is 6.90. The van der Waals surface area contributed by atoms with Gasteiger partial charge < -0.3 is 14.5 Å². The van der Waals surface area contributed by atoms with Crippen molar-refractivity contribution in [3.63, 3.8) is 0 Å². The molecule has 0 aromatic rings. The molecule has 0 amide bonds. The smallest absolute Gasteiger partial charge is 0.337 e. The SMILES string of the molecule is O=C(O)CC(=O)ONS(=O)[O-]. The molecule has 0 fully saturated rings. The van der Waals surface area contributed by atoms with Gasteiger partial charge in [0.15, 0.2) is 0 Å². The van der Waals surface area contributed by atoms with Crippen molar-refractivity contribution in [1.29, 1.82) is 0 Å². The molecular formula is C3H4NO6S-. The maximum absolute atomic E-state index is 10.2. The molecule has 0 aromatic heterocycles. The molecule has 0 saturated carbocycles. The van der Waals surface area contributed by atoms with Gasteiger partial charge in [0.25, 0.3) is 0 Å². The molecule has 64 valence electrons. The number of hydrogen-bond donors (Lipinski definition) is 2. The predicted molar refractivity (Wildman–Crippen MR) is 30.4 cm³/mol. The molecule has 8 heteroatoms. The van der Waals surface area contributed by atoms with Crippen LogP contribution in [0.4, 0.5) is 0 Å². The zero-order valence-corrected chi connectivity index (χ0v) is 5.92. The average Bonchev–Trinajstić information content (AvgIpc) is 1.82. The van der Waals surface area contributed by atoms with E-state index in [1.54, 1.807) is 0 Å². The second-order valence-corrected chi connectivity index (χ2v) is 2.00. The van der Waals surface area contributed by atoms with Gasteiger partial charge in [-0.25, -0.2) is 4.79 Å². The number of carboxylic acid groups (broad SMARTS) is 1. The number of rotatable bonds is 4. The lowest BCUT2D eigenvalue weighted by Crippen LogP contribution is -2.23. The average molecular weight is 182 g/mol. The van der Waals surface area contributed by atoms with Crippen LogP contribution >= 0.6 is 0 Å². The van der Waals surface area contributed by atoms with Gasteiger partial charge in [0.2, 0.25) is 0 Å². The van der Waals surface area contributed by atoms with Gasteiger partial charge in [0.05, 0.1) is 11.3 Å². The number of carbonyl (C=O) groups excluding carboxylic acids is 1. The van der Waals surface area contributed by atoms with Crippen molar-refractivity contribution in [3.05, 3.63) is 0 Å². The van der Waals surface area contributed by atoms with Crippen molar-refractivity contribution in [3.8, 4) is 0 Å². The lowest BCUT2D eigenvalue weighted by molar-refractivity contribution is -0.153. The fourth-order valence-corrected chi connectivity index (χ4v) is 0.401. The summed E-state index contributed by atoms with van der Waals surface area (Å²) in [5, 5.41) is 7.97. The molecule has 1 unspecified atom stereocenters. The van der Waals surface area contributed by atoms with E-state index in [-0.39, 0.29) is 0 Å². The highest BCUT2D eigenvalue weighted by atomic mass is 32.2. The maximum atomic E-state index is 10.2. The van der Waals surface area contributed by atoms with E-state index in [0.717, 1.165) is 0 Å². The molecule has 0 radical (unpaired) electrons. The normalized spacial score (nSPS) is 12.1. The summed E-state index contributed by atoms with van der Waals surface area (Å²) in [6.45, 7) is 0. The Bertz CT molecular complexity index is 190. The number of hydrogen-bond acceptors (Lipinski definition) is 5. The molecule has 0 spiro atoms. The lowest BCUT2D eigenvalue weighted by atomic mass is 10.5. The maximum Gasteiger partial charge on any atom is 0.337 e. The van der Waals surface area contributed by atoms with Gasteiger partial charge in [-0.05, 0) is 0 Å². The van der Waals surface area contributed by atoms with Crippen LogP contribution in [0.3, 0.4) is 0 Å². The minimum Gasteiger partial charge on any atom is -0.758 e. The van der Waals surface area contributed by atoms with Crippen LogP contribution in [0.1, 0.15) is 6.42 Å². The van der Waals surface area contributed by atoms with E-state index < -0.39 is 29.6 Å². The largest absolute Gasteiger partial charge is 0.758 e. The van der Waals surface area contributed by atoms with E-state index in [2.05, 4.69) is 4.84 Å². The molecular weight excluding hydrogens is 178 g/mol. The minimum absolute atomic E-state index is 0.885. The van der Waals surface area contributed by atoms with Gasteiger partial charge in [0.1, 0.15) is 6.42 Å². The first-order valence-electron chi connectivity index (χ1n) is 2.28. The second kappa shape index (κ2) is 4.77. The van der Waals surface area contributed by atoms with E-state index in [1.165, 1.54) is 4.89 Å². The highest BCUT2D eigenvalue weighted by molar-refractivity contribution is 7.76. The molecule has 0 aromatic carbocycles. The Labute approximate surface area is 63.7 Å². The molecule has 0 aliphatic carbocycles. The van der Waals surface area contributed by atoms with Crippen molar-refractivity contribution in [2.45, 2.75) is 6.42 Å². The summed E-state index contributed by atoms with van der Waals surface area (Å²) in [4.78, 5) is 25.0. The molecule has 0 saturated heterocycles. The van der Waals surface area contributed by atoms with Crippen molar-refractivity contribution in [2.75, 3.05) is 0 Å². The van der Waals surface area contributed by atoms with Gasteiger partial charge in [0, 0.05) is 0 Å². The molecule has 7 nitrogen and oxygen atoms in total. The molecule has 0 aliphatic rings. The van der Waals surface area contributed by atoms with Crippen molar-refractivity contribution < 1.29 is 28.3 Å². The van der Waals surface area contributed by atoms with Crippen molar-refractivity contribution in [2.24, 2.45) is 0 Å². The Hall–Kier alpha value is -0.990. The van der Waals surface area contributed by atoms with E-state index in [9.17, 15) is 18.4 Å². The van der Waals surface area contributed by atoms with Crippen LogP contribution in [0.25, 0.3) is 0 Å². The summed E-state index contributed by atoms with van der Waals surface area (Å²) >= 11 is -2.74. The molecule has 0 aliphatic heterocycles. The van der Waals surface area contributed by atoms with Crippen LogP contribution in [0.5, 0.6) is 0 Å². The molecule has 1 atom stereocenters. The van der Waals surface area contributed by atoms with Crippen LogP contribution in [0.15, 0.2) is 0 Å². The Balaban J connectivity index is 3.53. The van der Waals surface area contributed by atoms with Crippen molar-refractivity contribution in [1.82, 2.24) is 4.89 Å². The van der Waals surface area contributed by atoms with Crippen LogP contribution in [0, 0.1) is 0 Å². The summed E-state index contributed by atoms with van der Waals surface area (Å²) in [6, 6.07) is 0. The summed E-state index contributed by atoms with van der Waals surface area (Å²) < 4.78 is 19.3. The predicted octanol–water partition coefficient (Wildman–Crippen LogP) is -1.70. The fourth-order valence-electron chi connectivity index (χ4n) is 0.240. The van der Waals surface area contributed by atoms with E-state index in [4.69, 9.17) is 5.11 Å². The monoisotopic (exact) mass is 182 g/mol. The molecule has 0 heterocycles. The first-order valence-corrected chi connectivity index (χ1v) is 3.36. The first kappa shape index (κ1) is 10.0. The summed E-state index contributed by atoms with van der Waals surface area (Å²) in [6.07, 6.45) is -0.885. The highest BCUT2D eigenvalue weighted by Gasteiger charge is 2.08. The summed E-state index contributed by atoms with van der Waals surface area (Å²) in [5.74, 6) is -2.57. The van der Waals surface area contributed by atoms with Gasteiger partial charge in [-0.3, -0.25) is 9.00 Å². The van der Waals surface area contributed by atoms with Crippen LogP contribution in [-0.2, 0) is 25.7 Å². The number of aliphatic carboxylic acids is 1. The van der Waals surface area contributed by atoms with Crippen LogP contribution in [-0.4, -0.2) is 25.8 Å². The molecule has 0 rings (SSSR count). The quantitative estimate of drug-likeness (QED) is 0.304. The zero-order chi connectivity index (χ0) is 8.85. The minimum atomic E-state index is -2.74. The first-order chi connectivity index (χ1) is 5.02. The van der Waals surface area contributed by atoms with E-state index in [0.29, 0.717) is 0 Å². The number of carboxylic acids is 1. The highest BCUT2D eigenvalue weighted by Crippen LogP contribution is 1.82. The number of carbonyl (C=O) groups is 2. The molecule has 0 bridgehead atoms. The van der Waals surface area contributed by atoms with Crippen LogP contribution < -0.4 is 4.89 Å². The third-order valence-corrected chi connectivity index (χ3v) is 0.739. The summed E-state index contributed by atoms with van der Waals surface area (Å²) in [7, 11) is 0. The van der Waals surface area contributed by atoms with Gasteiger partial charge in [-0.15, -0.1) is 0 Å². The topological polar surface area (TPSA) is 116 Å². The standard InChI is InChI=1S/C3H5NO6S/c5-2(6)1-3(7)10-4-11(8)9/h4H,1H2,(H,5,6)(H,8,9)/p-1. The van der Waals surface area contributed by atoms with Crippen molar-refractivity contribution >= 4 is 23.2 Å². The Morgan fingerprint density at radius 2 is 2.18 bits per heavy atom. The van der Waals surface area contributed by atoms with E-state index in [1.807, 2.05) is 0 Å². The summed E-state index contributed by atoms with van der Waals surface area (Å²) in [5.41, 5.74) is 0.